The van der Waals surface area contributed by atoms with Gasteiger partial charge < -0.3 is 10.5 Å². The summed E-state index contributed by atoms with van der Waals surface area (Å²) in [5.41, 5.74) is 7.01. The van der Waals surface area contributed by atoms with Gasteiger partial charge in [-0.3, -0.25) is 4.90 Å². The number of halogens is 1. The second-order valence-electron chi connectivity index (χ2n) is 5.31. The Morgan fingerprint density at radius 3 is 2.95 bits per heavy atom. The van der Waals surface area contributed by atoms with Crippen molar-refractivity contribution < 1.29 is 4.74 Å². The molecule has 0 bridgehead atoms. The second-order valence-corrected chi connectivity index (χ2v) is 5.72. The highest BCUT2D eigenvalue weighted by Crippen LogP contribution is 2.31. The van der Waals surface area contributed by atoms with Crippen LogP contribution in [0.3, 0.4) is 0 Å². The standard InChI is InChI=1S/C15H23ClN2O/c1-11-5-4-8-18(14(11)9-17)10-12-13(16)6-3-7-15(12)19-2/h3,6-7,11,14H,4-5,8-10,17H2,1-2H3. The molecule has 19 heavy (non-hydrogen) atoms. The number of hydrogen-bond donors (Lipinski definition) is 1. The lowest BCUT2D eigenvalue weighted by Gasteiger charge is -2.39. The zero-order valence-corrected chi connectivity index (χ0v) is 12.5. The van der Waals surface area contributed by atoms with E-state index in [1.54, 1.807) is 7.11 Å². The smallest absolute Gasteiger partial charge is 0.124 e. The Kier molecular flexibility index (Phi) is 5.08. The molecular formula is C15H23ClN2O. The lowest BCUT2D eigenvalue weighted by molar-refractivity contribution is 0.0982. The molecule has 1 saturated heterocycles. The molecule has 4 heteroatoms. The summed E-state index contributed by atoms with van der Waals surface area (Å²) in [6.07, 6.45) is 2.49. The van der Waals surface area contributed by atoms with Crippen molar-refractivity contribution >= 4 is 11.6 Å². The average molecular weight is 283 g/mol. The summed E-state index contributed by atoms with van der Waals surface area (Å²) in [4.78, 5) is 2.44. The number of ether oxygens (including phenoxy) is 1. The lowest BCUT2D eigenvalue weighted by Crippen LogP contribution is -2.48. The molecule has 0 aliphatic carbocycles. The average Bonchev–Trinajstić information content (AvgIpc) is 2.41. The summed E-state index contributed by atoms with van der Waals surface area (Å²) in [5, 5.41) is 0.772. The molecule has 1 aliphatic rings. The fourth-order valence-electron chi connectivity index (χ4n) is 3.00. The minimum absolute atomic E-state index is 0.440. The quantitative estimate of drug-likeness (QED) is 0.923. The summed E-state index contributed by atoms with van der Waals surface area (Å²) in [7, 11) is 1.69. The van der Waals surface area contributed by atoms with Crippen LogP contribution in [-0.4, -0.2) is 31.1 Å². The minimum atomic E-state index is 0.440. The lowest BCUT2D eigenvalue weighted by atomic mass is 9.90. The van der Waals surface area contributed by atoms with Crippen molar-refractivity contribution in [1.29, 1.82) is 0 Å². The van der Waals surface area contributed by atoms with E-state index in [2.05, 4.69) is 11.8 Å². The molecule has 1 aliphatic heterocycles. The summed E-state index contributed by atoms with van der Waals surface area (Å²) in [5.74, 6) is 1.51. The molecule has 1 fully saturated rings. The molecule has 0 saturated carbocycles. The van der Waals surface area contributed by atoms with Crippen molar-refractivity contribution in [2.75, 3.05) is 20.2 Å². The SMILES string of the molecule is COc1cccc(Cl)c1CN1CCCC(C)C1CN. The predicted octanol–water partition coefficient (Wildman–Crippen LogP) is 2.91. The van der Waals surface area contributed by atoms with E-state index >= 15 is 0 Å². The first-order chi connectivity index (χ1) is 9.17. The second kappa shape index (κ2) is 6.60. The Bertz CT molecular complexity index is 425. The van der Waals surface area contributed by atoms with Crippen molar-refractivity contribution in [1.82, 2.24) is 4.90 Å². The number of nitrogens with two attached hydrogens (primary N) is 1. The van der Waals surface area contributed by atoms with Gasteiger partial charge in [-0.15, -0.1) is 0 Å². The van der Waals surface area contributed by atoms with Crippen molar-refractivity contribution in [3.8, 4) is 5.75 Å². The zero-order valence-electron chi connectivity index (χ0n) is 11.7. The molecule has 106 valence electrons. The van der Waals surface area contributed by atoms with E-state index in [0.29, 0.717) is 18.5 Å². The number of benzene rings is 1. The molecule has 2 rings (SSSR count). The fourth-order valence-corrected chi connectivity index (χ4v) is 3.22. The molecule has 2 unspecified atom stereocenters. The molecule has 1 aromatic rings. The highest BCUT2D eigenvalue weighted by molar-refractivity contribution is 6.31. The van der Waals surface area contributed by atoms with Crippen molar-refractivity contribution in [3.05, 3.63) is 28.8 Å². The molecule has 0 aromatic heterocycles. The normalized spacial score (nSPS) is 24.4. The van der Waals surface area contributed by atoms with Crippen molar-refractivity contribution in [2.45, 2.75) is 32.4 Å². The monoisotopic (exact) mass is 282 g/mol. The maximum atomic E-state index is 6.32. The van der Waals surface area contributed by atoms with Crippen LogP contribution in [0.25, 0.3) is 0 Å². The third-order valence-electron chi connectivity index (χ3n) is 4.13. The summed E-state index contributed by atoms with van der Waals surface area (Å²) < 4.78 is 5.42. The van der Waals surface area contributed by atoms with E-state index in [1.807, 2.05) is 18.2 Å². The number of rotatable bonds is 4. The van der Waals surface area contributed by atoms with Gasteiger partial charge in [0.15, 0.2) is 0 Å². The molecule has 1 heterocycles. The first-order valence-corrected chi connectivity index (χ1v) is 7.30. The fraction of sp³-hybridized carbons (Fsp3) is 0.600. The highest BCUT2D eigenvalue weighted by Gasteiger charge is 2.28. The summed E-state index contributed by atoms with van der Waals surface area (Å²) in [6, 6.07) is 6.25. The highest BCUT2D eigenvalue weighted by atomic mass is 35.5. The van der Waals surface area contributed by atoms with Crippen LogP contribution in [0.15, 0.2) is 18.2 Å². The third kappa shape index (κ3) is 3.22. The number of piperidine rings is 1. The van der Waals surface area contributed by atoms with Crippen LogP contribution >= 0.6 is 11.6 Å². The van der Waals surface area contributed by atoms with Gasteiger partial charge in [0.1, 0.15) is 5.75 Å². The van der Waals surface area contributed by atoms with Crippen molar-refractivity contribution in [2.24, 2.45) is 11.7 Å². The number of methoxy groups -OCH3 is 1. The Morgan fingerprint density at radius 2 is 2.26 bits per heavy atom. The van der Waals surface area contributed by atoms with Crippen LogP contribution in [0.5, 0.6) is 5.75 Å². The van der Waals surface area contributed by atoms with Gasteiger partial charge in [0, 0.05) is 29.7 Å². The maximum Gasteiger partial charge on any atom is 0.124 e. The largest absolute Gasteiger partial charge is 0.496 e. The predicted molar refractivity (Wildman–Crippen MR) is 79.7 cm³/mol. The van der Waals surface area contributed by atoms with E-state index in [9.17, 15) is 0 Å². The van der Waals surface area contributed by atoms with Crippen LogP contribution in [0, 0.1) is 5.92 Å². The number of likely N-dealkylation sites (tertiary alicyclic amines) is 1. The van der Waals surface area contributed by atoms with Gasteiger partial charge in [-0.1, -0.05) is 24.6 Å². The van der Waals surface area contributed by atoms with Gasteiger partial charge in [0.25, 0.3) is 0 Å². The zero-order chi connectivity index (χ0) is 13.8. The van der Waals surface area contributed by atoms with E-state index in [-0.39, 0.29) is 0 Å². The van der Waals surface area contributed by atoms with E-state index in [4.69, 9.17) is 22.1 Å². The van der Waals surface area contributed by atoms with E-state index < -0.39 is 0 Å². The molecular weight excluding hydrogens is 260 g/mol. The number of hydrogen-bond acceptors (Lipinski definition) is 3. The molecule has 0 amide bonds. The van der Waals surface area contributed by atoms with Crippen LogP contribution < -0.4 is 10.5 Å². The van der Waals surface area contributed by atoms with Crippen LogP contribution in [-0.2, 0) is 6.54 Å². The molecule has 2 N–H and O–H groups in total. The van der Waals surface area contributed by atoms with Gasteiger partial charge in [-0.05, 0) is 37.4 Å². The number of nitrogens with zero attached hydrogens (tertiary/aromatic N) is 1. The van der Waals surface area contributed by atoms with E-state index in [1.165, 1.54) is 12.8 Å². The Hall–Kier alpha value is -0.770. The van der Waals surface area contributed by atoms with Crippen LogP contribution in [0.4, 0.5) is 0 Å². The van der Waals surface area contributed by atoms with Gasteiger partial charge in [-0.25, -0.2) is 0 Å². The molecule has 1 aromatic carbocycles. The topological polar surface area (TPSA) is 38.5 Å². The minimum Gasteiger partial charge on any atom is -0.496 e. The van der Waals surface area contributed by atoms with Gasteiger partial charge in [-0.2, -0.15) is 0 Å². The molecule has 2 atom stereocenters. The van der Waals surface area contributed by atoms with Gasteiger partial charge >= 0.3 is 0 Å². The van der Waals surface area contributed by atoms with E-state index in [0.717, 1.165) is 29.4 Å². The Labute approximate surface area is 120 Å². The van der Waals surface area contributed by atoms with Crippen LogP contribution in [0.1, 0.15) is 25.3 Å². The third-order valence-corrected chi connectivity index (χ3v) is 4.48. The summed E-state index contributed by atoms with van der Waals surface area (Å²) >= 11 is 6.32. The van der Waals surface area contributed by atoms with Gasteiger partial charge in [0.05, 0.1) is 7.11 Å². The maximum absolute atomic E-state index is 6.32. The van der Waals surface area contributed by atoms with Crippen molar-refractivity contribution in [3.63, 3.8) is 0 Å². The first kappa shape index (κ1) is 14.6. The van der Waals surface area contributed by atoms with Gasteiger partial charge in [0.2, 0.25) is 0 Å². The first-order valence-electron chi connectivity index (χ1n) is 6.93. The molecule has 0 radical (unpaired) electrons. The summed E-state index contributed by atoms with van der Waals surface area (Å²) in [6.45, 7) is 4.89. The molecule has 3 nitrogen and oxygen atoms in total. The van der Waals surface area contributed by atoms with Crippen LogP contribution in [0.2, 0.25) is 5.02 Å². The Morgan fingerprint density at radius 1 is 1.47 bits per heavy atom. The Balaban J connectivity index is 2.20. The molecule has 0 spiro atoms.